The Morgan fingerprint density at radius 2 is 2.00 bits per heavy atom. The molecule has 1 heterocycles. The number of carboxylic acid groups (broad SMARTS) is 1. The molecule has 0 saturated heterocycles. The molecular formula is C12H20N2O4S2. The van der Waals surface area contributed by atoms with Crippen molar-refractivity contribution in [3.8, 4) is 0 Å². The number of sulfonamides is 1. The van der Waals surface area contributed by atoms with Gasteiger partial charge in [-0.15, -0.1) is 11.3 Å². The Labute approximate surface area is 123 Å². The Morgan fingerprint density at radius 3 is 2.40 bits per heavy atom. The molecule has 0 aliphatic carbocycles. The Kier molecular flexibility index (Phi) is 4.96. The summed E-state index contributed by atoms with van der Waals surface area (Å²) >= 11 is 0.770. The van der Waals surface area contributed by atoms with Crippen LogP contribution in [0.2, 0.25) is 0 Å². The van der Waals surface area contributed by atoms with E-state index >= 15 is 0 Å². The van der Waals surface area contributed by atoms with Gasteiger partial charge in [0, 0.05) is 12.1 Å². The van der Waals surface area contributed by atoms with Crippen molar-refractivity contribution in [1.82, 2.24) is 9.62 Å². The quantitative estimate of drug-likeness (QED) is 0.827. The van der Waals surface area contributed by atoms with Crippen LogP contribution in [0.5, 0.6) is 0 Å². The second-order valence-corrected chi connectivity index (χ2v) is 8.46. The van der Waals surface area contributed by atoms with E-state index in [9.17, 15) is 13.2 Å². The van der Waals surface area contributed by atoms with Crippen LogP contribution in [0.3, 0.4) is 0 Å². The minimum atomic E-state index is -3.68. The highest BCUT2D eigenvalue weighted by Crippen LogP contribution is 2.26. The molecule has 0 aliphatic heterocycles. The highest BCUT2D eigenvalue weighted by Gasteiger charge is 2.26. The SMILES string of the molecule is Cc1cc(S(=O)(=O)NCC(C)(C)N(C)C)sc1C(=O)O. The minimum absolute atomic E-state index is 0.0296. The second kappa shape index (κ2) is 5.80. The van der Waals surface area contributed by atoms with Gasteiger partial charge >= 0.3 is 5.97 Å². The Morgan fingerprint density at radius 1 is 1.45 bits per heavy atom. The van der Waals surface area contributed by atoms with Gasteiger partial charge in [-0.25, -0.2) is 17.9 Å². The average Bonchev–Trinajstić information content (AvgIpc) is 2.70. The van der Waals surface area contributed by atoms with E-state index in [4.69, 9.17) is 5.11 Å². The molecule has 0 aliphatic rings. The van der Waals surface area contributed by atoms with Crippen molar-refractivity contribution in [1.29, 1.82) is 0 Å². The lowest BCUT2D eigenvalue weighted by Gasteiger charge is -2.32. The molecule has 0 radical (unpaired) electrons. The summed E-state index contributed by atoms with van der Waals surface area (Å²) in [5.41, 5.74) is 0.115. The summed E-state index contributed by atoms with van der Waals surface area (Å²) in [7, 11) is 0.0507. The Hall–Kier alpha value is -0.960. The summed E-state index contributed by atoms with van der Waals surface area (Å²) in [6, 6.07) is 1.39. The molecule has 20 heavy (non-hydrogen) atoms. The summed E-state index contributed by atoms with van der Waals surface area (Å²) in [5, 5.41) is 8.97. The van der Waals surface area contributed by atoms with Crippen molar-refractivity contribution in [2.75, 3.05) is 20.6 Å². The van der Waals surface area contributed by atoms with Gasteiger partial charge in [-0.1, -0.05) is 0 Å². The maximum absolute atomic E-state index is 12.2. The normalized spacial score (nSPS) is 12.9. The highest BCUT2D eigenvalue weighted by atomic mass is 32.2. The number of carboxylic acids is 1. The summed E-state index contributed by atoms with van der Waals surface area (Å²) in [6.45, 7) is 5.65. The maximum atomic E-state index is 12.2. The lowest BCUT2D eigenvalue weighted by Crippen LogP contribution is -2.48. The summed E-state index contributed by atoms with van der Waals surface area (Å²) in [4.78, 5) is 12.9. The molecule has 1 rings (SSSR count). The minimum Gasteiger partial charge on any atom is -0.477 e. The predicted molar refractivity (Wildman–Crippen MR) is 79.0 cm³/mol. The standard InChI is InChI=1S/C12H20N2O4S2/c1-8-6-9(19-10(8)11(15)16)20(17,18)13-7-12(2,3)14(4)5/h6,13H,7H2,1-5H3,(H,15,16). The van der Waals surface area contributed by atoms with Crippen LogP contribution >= 0.6 is 11.3 Å². The van der Waals surface area contributed by atoms with Crippen molar-refractivity contribution < 1.29 is 18.3 Å². The van der Waals surface area contributed by atoms with E-state index in [-0.39, 0.29) is 21.2 Å². The number of rotatable bonds is 6. The number of hydrogen-bond acceptors (Lipinski definition) is 5. The monoisotopic (exact) mass is 320 g/mol. The second-order valence-electron chi connectivity index (χ2n) is 5.41. The van der Waals surface area contributed by atoms with Crippen LogP contribution in [0.4, 0.5) is 0 Å². The molecule has 0 spiro atoms. The number of carbonyl (C=O) groups is 1. The molecule has 0 atom stereocenters. The molecule has 1 aromatic rings. The van der Waals surface area contributed by atoms with E-state index < -0.39 is 16.0 Å². The van der Waals surface area contributed by atoms with Crippen LogP contribution < -0.4 is 4.72 Å². The topological polar surface area (TPSA) is 86.7 Å². The van der Waals surface area contributed by atoms with Crippen LogP contribution in [-0.4, -0.2) is 50.6 Å². The van der Waals surface area contributed by atoms with E-state index in [1.165, 1.54) is 6.07 Å². The van der Waals surface area contributed by atoms with Crippen molar-refractivity contribution in [2.24, 2.45) is 0 Å². The summed E-state index contributed by atoms with van der Waals surface area (Å²) in [6.07, 6.45) is 0. The third-order valence-corrected chi connectivity index (χ3v) is 6.36. The van der Waals surface area contributed by atoms with Gasteiger partial charge in [0.15, 0.2) is 0 Å². The lowest BCUT2D eigenvalue weighted by molar-refractivity contribution is 0.0701. The number of thiophene rings is 1. The molecule has 0 amide bonds. The fourth-order valence-corrected chi connectivity index (χ4v) is 3.93. The highest BCUT2D eigenvalue weighted by molar-refractivity contribution is 7.91. The van der Waals surface area contributed by atoms with Crippen LogP contribution in [-0.2, 0) is 10.0 Å². The molecule has 6 nitrogen and oxygen atoms in total. The number of aromatic carboxylic acids is 1. The zero-order valence-electron chi connectivity index (χ0n) is 12.2. The Bertz CT molecular complexity index is 603. The predicted octanol–water partition coefficient (Wildman–Crippen LogP) is 1.37. The van der Waals surface area contributed by atoms with Gasteiger partial charge in [-0.3, -0.25) is 0 Å². The maximum Gasteiger partial charge on any atom is 0.346 e. The van der Waals surface area contributed by atoms with E-state index in [1.54, 1.807) is 6.92 Å². The molecule has 8 heteroatoms. The van der Waals surface area contributed by atoms with E-state index in [0.29, 0.717) is 5.56 Å². The first-order valence-corrected chi connectivity index (χ1v) is 8.28. The number of hydrogen-bond donors (Lipinski definition) is 2. The fraction of sp³-hybridized carbons (Fsp3) is 0.583. The smallest absolute Gasteiger partial charge is 0.346 e. The molecule has 0 saturated carbocycles. The molecule has 114 valence electrons. The molecule has 2 N–H and O–H groups in total. The van der Waals surface area contributed by atoms with Crippen LogP contribution in [0.25, 0.3) is 0 Å². The third-order valence-electron chi connectivity index (χ3n) is 3.26. The molecular weight excluding hydrogens is 300 g/mol. The zero-order valence-corrected chi connectivity index (χ0v) is 13.9. The third kappa shape index (κ3) is 3.78. The van der Waals surface area contributed by atoms with Crippen LogP contribution in [0, 0.1) is 6.92 Å². The first-order chi connectivity index (χ1) is 8.97. The van der Waals surface area contributed by atoms with Gasteiger partial charge in [0.25, 0.3) is 0 Å². The first-order valence-electron chi connectivity index (χ1n) is 5.98. The van der Waals surface area contributed by atoms with Crippen molar-refractivity contribution in [3.05, 3.63) is 16.5 Å². The van der Waals surface area contributed by atoms with Gasteiger partial charge in [-0.2, -0.15) is 0 Å². The molecule has 0 fully saturated rings. The number of nitrogens with zero attached hydrogens (tertiary/aromatic N) is 1. The van der Waals surface area contributed by atoms with Crippen molar-refractivity contribution in [2.45, 2.75) is 30.5 Å². The number of likely N-dealkylation sites (N-methyl/N-ethyl adjacent to an activating group) is 1. The number of aryl methyl sites for hydroxylation is 1. The zero-order chi connectivity index (χ0) is 15.7. The van der Waals surface area contributed by atoms with Gasteiger partial charge in [0.2, 0.25) is 10.0 Å². The number of nitrogens with one attached hydrogen (secondary N) is 1. The van der Waals surface area contributed by atoms with Gasteiger partial charge in [0.05, 0.1) is 0 Å². The molecule has 1 aromatic heterocycles. The Balaban J connectivity index is 2.96. The molecule has 0 aromatic carbocycles. The van der Waals surface area contributed by atoms with Crippen LogP contribution in [0.15, 0.2) is 10.3 Å². The van der Waals surface area contributed by atoms with E-state index in [0.717, 1.165) is 11.3 Å². The van der Waals surface area contributed by atoms with Crippen LogP contribution in [0.1, 0.15) is 29.1 Å². The van der Waals surface area contributed by atoms with E-state index in [2.05, 4.69) is 4.72 Å². The summed E-state index contributed by atoms with van der Waals surface area (Å²) < 4.78 is 26.9. The molecule has 0 unspecified atom stereocenters. The fourth-order valence-electron chi connectivity index (χ4n) is 1.30. The van der Waals surface area contributed by atoms with Gasteiger partial charge in [0.1, 0.15) is 9.09 Å². The van der Waals surface area contributed by atoms with Crippen molar-refractivity contribution in [3.63, 3.8) is 0 Å². The largest absolute Gasteiger partial charge is 0.477 e. The van der Waals surface area contributed by atoms with Crippen molar-refractivity contribution >= 4 is 27.3 Å². The lowest BCUT2D eigenvalue weighted by atomic mass is 10.1. The van der Waals surface area contributed by atoms with Gasteiger partial charge < -0.3 is 10.0 Å². The molecule has 0 bridgehead atoms. The average molecular weight is 320 g/mol. The summed E-state index contributed by atoms with van der Waals surface area (Å²) in [5.74, 6) is -1.11. The van der Waals surface area contributed by atoms with E-state index in [1.807, 2.05) is 32.8 Å². The van der Waals surface area contributed by atoms with Gasteiger partial charge in [-0.05, 0) is 46.5 Å². The first kappa shape index (κ1) is 17.1.